The third kappa shape index (κ3) is 4.77. The molecule has 1 aromatic carbocycles. The number of carbonyl (C=O) groups excluding carboxylic acids is 1. The van der Waals surface area contributed by atoms with Crippen LogP contribution < -0.4 is 20.9 Å². The van der Waals surface area contributed by atoms with Gasteiger partial charge in [-0.25, -0.2) is 23.5 Å². The van der Waals surface area contributed by atoms with Crippen LogP contribution in [0.5, 0.6) is 0 Å². The van der Waals surface area contributed by atoms with Gasteiger partial charge in [-0.15, -0.1) is 0 Å². The standard InChI is InChI=1S/C15H18F2N6O/c1-23(2)13-11(16)8-10(9-12(13)17)22-15(24)21-7-6-20-14-18-4-3-5-19-14/h3-5,8-9H,6-7H2,1-2H3,(H,18,19,20)(H2,21,22,24). The molecule has 2 amide bonds. The third-order valence-corrected chi connectivity index (χ3v) is 2.98. The van der Waals surface area contributed by atoms with E-state index in [-0.39, 0.29) is 17.9 Å². The first-order valence-corrected chi connectivity index (χ1v) is 7.19. The number of nitrogens with one attached hydrogen (secondary N) is 3. The Balaban J connectivity index is 1.82. The molecular weight excluding hydrogens is 318 g/mol. The number of anilines is 3. The molecule has 128 valence electrons. The molecule has 24 heavy (non-hydrogen) atoms. The van der Waals surface area contributed by atoms with E-state index in [4.69, 9.17) is 0 Å². The lowest BCUT2D eigenvalue weighted by atomic mass is 10.2. The molecule has 1 heterocycles. The summed E-state index contributed by atoms with van der Waals surface area (Å²) in [5.74, 6) is -1.06. The number of carbonyl (C=O) groups is 1. The van der Waals surface area contributed by atoms with Crippen molar-refractivity contribution in [1.29, 1.82) is 0 Å². The van der Waals surface area contributed by atoms with Gasteiger partial charge in [0, 0.05) is 45.3 Å². The number of amides is 2. The molecule has 2 aromatic rings. The highest BCUT2D eigenvalue weighted by Crippen LogP contribution is 2.25. The first kappa shape index (κ1) is 17.4. The molecule has 0 atom stereocenters. The quantitative estimate of drug-likeness (QED) is 0.704. The van der Waals surface area contributed by atoms with Crippen LogP contribution in [0.3, 0.4) is 0 Å². The van der Waals surface area contributed by atoms with Gasteiger partial charge in [-0.2, -0.15) is 0 Å². The van der Waals surface area contributed by atoms with Crippen LogP contribution in [0.1, 0.15) is 0 Å². The van der Waals surface area contributed by atoms with Gasteiger partial charge in [0.25, 0.3) is 0 Å². The Hall–Kier alpha value is -2.97. The Morgan fingerprint density at radius 2 is 1.75 bits per heavy atom. The van der Waals surface area contributed by atoms with Crippen molar-refractivity contribution in [2.24, 2.45) is 0 Å². The summed E-state index contributed by atoms with van der Waals surface area (Å²) in [7, 11) is 3.06. The van der Waals surface area contributed by atoms with E-state index < -0.39 is 17.7 Å². The van der Waals surface area contributed by atoms with Crippen molar-refractivity contribution in [3.63, 3.8) is 0 Å². The van der Waals surface area contributed by atoms with E-state index >= 15 is 0 Å². The molecule has 0 radical (unpaired) electrons. The first-order valence-electron chi connectivity index (χ1n) is 7.19. The normalized spacial score (nSPS) is 10.2. The Morgan fingerprint density at radius 1 is 1.12 bits per heavy atom. The lowest BCUT2D eigenvalue weighted by Gasteiger charge is -2.16. The van der Waals surface area contributed by atoms with E-state index in [9.17, 15) is 13.6 Å². The van der Waals surface area contributed by atoms with Crippen LogP contribution in [-0.4, -0.2) is 43.2 Å². The third-order valence-electron chi connectivity index (χ3n) is 2.98. The van der Waals surface area contributed by atoms with Crippen LogP contribution >= 0.6 is 0 Å². The summed E-state index contributed by atoms with van der Waals surface area (Å²) in [6.45, 7) is 0.685. The van der Waals surface area contributed by atoms with Gasteiger partial charge in [0.05, 0.1) is 0 Å². The second-order valence-electron chi connectivity index (χ2n) is 5.06. The molecule has 3 N–H and O–H groups in total. The van der Waals surface area contributed by atoms with Crippen LogP contribution in [0.25, 0.3) is 0 Å². The molecule has 0 aliphatic rings. The lowest BCUT2D eigenvalue weighted by Crippen LogP contribution is -2.33. The highest BCUT2D eigenvalue weighted by Gasteiger charge is 2.14. The molecular formula is C15H18F2N6O. The maximum atomic E-state index is 13.8. The summed E-state index contributed by atoms with van der Waals surface area (Å²) < 4.78 is 27.7. The predicted molar refractivity (Wildman–Crippen MR) is 88.2 cm³/mol. The minimum Gasteiger partial charge on any atom is -0.373 e. The second kappa shape index (κ2) is 8.04. The fraction of sp³-hybridized carbons (Fsp3) is 0.267. The van der Waals surface area contributed by atoms with E-state index in [1.807, 2.05) is 0 Å². The molecule has 0 aliphatic heterocycles. The first-order chi connectivity index (χ1) is 11.5. The number of urea groups is 1. The number of rotatable bonds is 6. The molecule has 0 spiro atoms. The Morgan fingerprint density at radius 3 is 2.33 bits per heavy atom. The highest BCUT2D eigenvalue weighted by molar-refractivity contribution is 5.89. The number of aromatic nitrogens is 2. The Labute approximate surface area is 138 Å². The van der Waals surface area contributed by atoms with Gasteiger partial charge in [-0.1, -0.05) is 0 Å². The smallest absolute Gasteiger partial charge is 0.319 e. The minimum absolute atomic E-state index is 0.0347. The van der Waals surface area contributed by atoms with Crippen LogP contribution in [0, 0.1) is 11.6 Å². The van der Waals surface area contributed by atoms with Crippen LogP contribution in [0.4, 0.5) is 30.9 Å². The summed E-state index contributed by atoms with van der Waals surface area (Å²) in [5, 5.41) is 7.85. The average Bonchev–Trinajstić information content (AvgIpc) is 2.51. The van der Waals surface area contributed by atoms with Crippen LogP contribution in [0.15, 0.2) is 30.6 Å². The van der Waals surface area contributed by atoms with E-state index in [1.54, 1.807) is 18.5 Å². The number of hydrogen-bond acceptors (Lipinski definition) is 5. The highest BCUT2D eigenvalue weighted by atomic mass is 19.1. The number of halogens is 2. The van der Waals surface area contributed by atoms with E-state index in [2.05, 4.69) is 25.9 Å². The van der Waals surface area contributed by atoms with Crippen molar-refractivity contribution in [3.8, 4) is 0 Å². The van der Waals surface area contributed by atoms with Gasteiger partial charge >= 0.3 is 6.03 Å². The summed E-state index contributed by atoms with van der Waals surface area (Å²) in [6.07, 6.45) is 3.19. The molecule has 2 rings (SSSR count). The number of nitrogens with zero attached hydrogens (tertiary/aromatic N) is 3. The summed E-state index contributed by atoms with van der Waals surface area (Å²) in [4.78, 5) is 21.0. The van der Waals surface area contributed by atoms with E-state index in [0.29, 0.717) is 12.5 Å². The molecule has 0 fully saturated rings. The maximum absolute atomic E-state index is 13.8. The fourth-order valence-electron chi connectivity index (χ4n) is 1.98. The molecule has 7 nitrogen and oxygen atoms in total. The Kier molecular flexibility index (Phi) is 5.83. The van der Waals surface area contributed by atoms with Gasteiger partial charge in [-0.05, 0) is 18.2 Å². The second-order valence-corrected chi connectivity index (χ2v) is 5.06. The Bertz CT molecular complexity index is 673. The molecule has 0 bridgehead atoms. The topological polar surface area (TPSA) is 82.2 Å². The fourth-order valence-corrected chi connectivity index (χ4v) is 1.98. The van der Waals surface area contributed by atoms with Crippen molar-refractivity contribution in [2.45, 2.75) is 0 Å². The van der Waals surface area contributed by atoms with Crippen molar-refractivity contribution in [2.75, 3.05) is 42.7 Å². The van der Waals surface area contributed by atoms with Crippen LogP contribution in [0.2, 0.25) is 0 Å². The number of hydrogen-bond donors (Lipinski definition) is 3. The molecule has 1 aromatic heterocycles. The van der Waals surface area contributed by atoms with Crippen molar-refractivity contribution >= 4 is 23.4 Å². The summed E-state index contributed by atoms with van der Waals surface area (Å²) >= 11 is 0. The monoisotopic (exact) mass is 336 g/mol. The molecule has 9 heteroatoms. The predicted octanol–water partition coefficient (Wildman–Crippen LogP) is 2.05. The molecule has 0 aliphatic carbocycles. The van der Waals surface area contributed by atoms with Crippen molar-refractivity contribution < 1.29 is 13.6 Å². The minimum atomic E-state index is -0.752. The van der Waals surface area contributed by atoms with Gasteiger partial charge in [0.15, 0.2) is 11.6 Å². The van der Waals surface area contributed by atoms with Gasteiger partial charge in [0.2, 0.25) is 5.95 Å². The van der Waals surface area contributed by atoms with Crippen molar-refractivity contribution in [3.05, 3.63) is 42.2 Å². The SMILES string of the molecule is CN(C)c1c(F)cc(NC(=O)NCCNc2ncccn2)cc1F. The van der Waals surface area contributed by atoms with E-state index in [0.717, 1.165) is 12.1 Å². The van der Waals surface area contributed by atoms with Gasteiger partial charge in [-0.3, -0.25) is 0 Å². The van der Waals surface area contributed by atoms with E-state index in [1.165, 1.54) is 19.0 Å². The van der Waals surface area contributed by atoms with Crippen LogP contribution in [-0.2, 0) is 0 Å². The largest absolute Gasteiger partial charge is 0.373 e. The zero-order valence-corrected chi connectivity index (χ0v) is 13.3. The lowest BCUT2D eigenvalue weighted by molar-refractivity contribution is 0.252. The average molecular weight is 336 g/mol. The summed E-state index contributed by atoms with van der Waals surface area (Å²) in [6, 6.07) is 3.25. The zero-order chi connectivity index (χ0) is 17.5. The zero-order valence-electron chi connectivity index (χ0n) is 13.3. The van der Waals surface area contributed by atoms with Crippen molar-refractivity contribution in [1.82, 2.24) is 15.3 Å². The summed E-state index contributed by atoms with van der Waals surface area (Å²) in [5.41, 5.74) is -0.125. The molecule has 0 unspecified atom stereocenters. The molecule has 0 saturated carbocycles. The number of benzene rings is 1. The van der Waals surface area contributed by atoms with Gasteiger partial charge in [0.1, 0.15) is 5.69 Å². The maximum Gasteiger partial charge on any atom is 0.319 e. The molecule has 0 saturated heterocycles. The van der Waals surface area contributed by atoms with Gasteiger partial charge < -0.3 is 20.9 Å².